The first-order chi connectivity index (χ1) is 14.2. The Balaban J connectivity index is 1.20. The van der Waals surface area contributed by atoms with Crippen molar-refractivity contribution in [2.75, 3.05) is 42.9 Å². The minimum atomic E-state index is -0.434. The maximum absolute atomic E-state index is 13.7. The Morgan fingerprint density at radius 3 is 2.79 bits per heavy atom. The minimum absolute atomic E-state index is 0.279. The molecule has 0 saturated carbocycles. The summed E-state index contributed by atoms with van der Waals surface area (Å²) in [5.74, 6) is 0.976. The molecule has 2 aromatic heterocycles. The highest BCUT2D eigenvalue weighted by molar-refractivity contribution is 5.88. The zero-order chi connectivity index (χ0) is 19.8. The number of nitrogens with zero attached hydrogens (tertiary/aromatic N) is 5. The number of hydrogen-bond donors (Lipinski definition) is 1. The summed E-state index contributed by atoms with van der Waals surface area (Å²) in [6.45, 7) is 4.39. The lowest BCUT2D eigenvalue weighted by atomic mass is 9.91. The van der Waals surface area contributed by atoms with Gasteiger partial charge in [0.15, 0.2) is 17.2 Å². The molecule has 2 atom stereocenters. The van der Waals surface area contributed by atoms with Crippen LogP contribution in [0.5, 0.6) is 0 Å². The van der Waals surface area contributed by atoms with Gasteiger partial charge in [0.25, 0.3) is 0 Å². The van der Waals surface area contributed by atoms with Crippen molar-refractivity contribution in [2.24, 2.45) is 5.92 Å². The minimum Gasteiger partial charge on any atom is -0.354 e. The summed E-state index contributed by atoms with van der Waals surface area (Å²) in [6.07, 6.45) is 4.52. The Hall–Kier alpha value is -2.81. The molecule has 0 spiro atoms. The molecule has 4 heterocycles. The number of fused-ring (bicyclic) bond motifs is 2. The molecule has 2 aliphatic heterocycles. The topological polar surface area (TPSA) is 70.3 Å². The van der Waals surface area contributed by atoms with E-state index in [-0.39, 0.29) is 5.82 Å². The number of rotatable bonds is 4. The SMILES string of the molecule is Fc1cnc(NC[C@@H]2CC[C@@H]3CN(c4noc5ccc(F)cc45)CCN3C2)nc1. The quantitative estimate of drug-likeness (QED) is 0.722. The van der Waals surface area contributed by atoms with Gasteiger partial charge in [0.1, 0.15) is 5.82 Å². The molecule has 5 rings (SSSR count). The highest BCUT2D eigenvalue weighted by atomic mass is 19.1. The smallest absolute Gasteiger partial charge is 0.222 e. The molecule has 1 aromatic carbocycles. The summed E-state index contributed by atoms with van der Waals surface area (Å²) in [4.78, 5) is 12.6. The van der Waals surface area contributed by atoms with Gasteiger partial charge in [-0.05, 0) is 37.0 Å². The van der Waals surface area contributed by atoms with Crippen molar-refractivity contribution >= 4 is 22.7 Å². The lowest BCUT2D eigenvalue weighted by molar-refractivity contribution is 0.0994. The second-order valence-electron chi connectivity index (χ2n) is 7.79. The van der Waals surface area contributed by atoms with Gasteiger partial charge in [0.2, 0.25) is 5.95 Å². The zero-order valence-corrected chi connectivity index (χ0v) is 15.9. The molecular formula is C20H22F2N6O. The molecule has 2 aliphatic rings. The van der Waals surface area contributed by atoms with E-state index in [9.17, 15) is 8.78 Å². The van der Waals surface area contributed by atoms with Crippen molar-refractivity contribution in [3.05, 3.63) is 42.2 Å². The Kier molecular flexibility index (Phi) is 4.75. The van der Waals surface area contributed by atoms with Crippen LogP contribution >= 0.6 is 0 Å². The lowest BCUT2D eigenvalue weighted by Crippen LogP contribution is -2.57. The van der Waals surface area contributed by atoms with E-state index in [1.54, 1.807) is 6.07 Å². The average Bonchev–Trinajstić information content (AvgIpc) is 3.16. The van der Waals surface area contributed by atoms with Crippen LogP contribution in [-0.2, 0) is 0 Å². The number of piperidine rings is 1. The van der Waals surface area contributed by atoms with E-state index in [1.807, 2.05) is 0 Å². The van der Waals surface area contributed by atoms with E-state index in [0.717, 1.165) is 56.8 Å². The molecule has 2 fully saturated rings. The fourth-order valence-corrected chi connectivity index (χ4v) is 4.38. The number of aromatic nitrogens is 3. The molecule has 3 aromatic rings. The molecule has 152 valence electrons. The third kappa shape index (κ3) is 3.74. The third-order valence-corrected chi connectivity index (χ3v) is 5.89. The number of benzene rings is 1. The number of halogens is 2. The summed E-state index contributed by atoms with van der Waals surface area (Å²) in [6, 6.07) is 4.96. The van der Waals surface area contributed by atoms with Crippen molar-refractivity contribution in [1.82, 2.24) is 20.0 Å². The zero-order valence-electron chi connectivity index (χ0n) is 15.9. The summed E-state index contributed by atoms with van der Waals surface area (Å²) in [5, 5.41) is 8.14. The second-order valence-corrected chi connectivity index (χ2v) is 7.79. The van der Waals surface area contributed by atoms with Crippen molar-refractivity contribution < 1.29 is 13.3 Å². The molecule has 9 heteroatoms. The van der Waals surface area contributed by atoms with Crippen molar-refractivity contribution in [1.29, 1.82) is 0 Å². The summed E-state index contributed by atoms with van der Waals surface area (Å²) >= 11 is 0. The summed E-state index contributed by atoms with van der Waals surface area (Å²) in [7, 11) is 0. The van der Waals surface area contributed by atoms with Crippen LogP contribution in [0, 0.1) is 17.6 Å². The van der Waals surface area contributed by atoms with Gasteiger partial charge >= 0.3 is 0 Å². The Morgan fingerprint density at radius 1 is 1.07 bits per heavy atom. The van der Waals surface area contributed by atoms with Crippen molar-refractivity contribution in [3.63, 3.8) is 0 Å². The van der Waals surface area contributed by atoms with Gasteiger partial charge in [0.05, 0.1) is 17.8 Å². The number of hydrogen-bond acceptors (Lipinski definition) is 7. The molecule has 0 aliphatic carbocycles. The molecule has 0 bridgehead atoms. The average molecular weight is 400 g/mol. The van der Waals surface area contributed by atoms with Crippen LogP contribution in [0.1, 0.15) is 12.8 Å². The molecular weight excluding hydrogens is 378 g/mol. The van der Waals surface area contributed by atoms with Crippen LogP contribution in [0.15, 0.2) is 35.1 Å². The normalized spacial score (nSPS) is 22.6. The van der Waals surface area contributed by atoms with Gasteiger partial charge in [-0.2, -0.15) is 0 Å². The predicted molar refractivity (Wildman–Crippen MR) is 105 cm³/mol. The number of nitrogens with one attached hydrogen (secondary N) is 1. The first kappa shape index (κ1) is 18.2. The lowest BCUT2D eigenvalue weighted by Gasteiger charge is -2.46. The molecule has 0 amide bonds. The standard InChI is InChI=1S/C20H22F2N6O/c21-14-2-4-18-17(7-14)19(26-29-18)28-6-5-27-11-13(1-3-16(27)12-28)8-23-20-24-9-15(22)10-25-20/h2,4,7,9-10,13,16H,1,3,5-6,8,11-12H2,(H,23,24,25)/t13-,16+/m0/s1. The molecule has 29 heavy (non-hydrogen) atoms. The first-order valence-corrected chi connectivity index (χ1v) is 9.91. The van der Waals surface area contributed by atoms with Gasteiger partial charge in [0, 0.05) is 38.8 Å². The van der Waals surface area contributed by atoms with E-state index in [0.29, 0.717) is 23.5 Å². The van der Waals surface area contributed by atoms with Crippen LogP contribution in [0.2, 0.25) is 0 Å². The van der Waals surface area contributed by atoms with Crippen LogP contribution in [0.25, 0.3) is 11.0 Å². The second kappa shape index (κ2) is 7.55. The molecule has 0 unspecified atom stereocenters. The van der Waals surface area contributed by atoms with E-state index >= 15 is 0 Å². The summed E-state index contributed by atoms with van der Waals surface area (Å²) in [5.41, 5.74) is 0.613. The van der Waals surface area contributed by atoms with E-state index in [4.69, 9.17) is 4.52 Å². The summed E-state index contributed by atoms with van der Waals surface area (Å²) < 4.78 is 31.9. The van der Waals surface area contributed by atoms with Gasteiger partial charge in [-0.1, -0.05) is 5.16 Å². The van der Waals surface area contributed by atoms with Gasteiger partial charge in [-0.15, -0.1) is 0 Å². The van der Waals surface area contributed by atoms with Crippen molar-refractivity contribution in [3.8, 4) is 0 Å². The maximum atomic E-state index is 13.7. The van der Waals surface area contributed by atoms with Gasteiger partial charge in [-0.3, -0.25) is 4.90 Å². The van der Waals surface area contributed by atoms with Crippen LogP contribution in [-0.4, -0.2) is 58.8 Å². The van der Waals surface area contributed by atoms with E-state index in [2.05, 4.69) is 30.2 Å². The molecule has 2 saturated heterocycles. The van der Waals surface area contributed by atoms with Crippen LogP contribution in [0.3, 0.4) is 0 Å². The van der Waals surface area contributed by atoms with E-state index in [1.165, 1.54) is 24.5 Å². The van der Waals surface area contributed by atoms with Crippen molar-refractivity contribution in [2.45, 2.75) is 18.9 Å². The fraction of sp³-hybridized carbons (Fsp3) is 0.450. The van der Waals surface area contributed by atoms with Crippen LogP contribution < -0.4 is 10.2 Å². The molecule has 1 N–H and O–H groups in total. The molecule has 7 nitrogen and oxygen atoms in total. The van der Waals surface area contributed by atoms with Crippen LogP contribution in [0.4, 0.5) is 20.5 Å². The highest BCUT2D eigenvalue weighted by Gasteiger charge is 2.34. The van der Waals surface area contributed by atoms with Gasteiger partial charge in [-0.25, -0.2) is 18.7 Å². The Bertz CT molecular complexity index is 994. The number of anilines is 2. The maximum Gasteiger partial charge on any atom is 0.222 e. The monoisotopic (exact) mass is 400 g/mol. The molecule has 0 radical (unpaired) electrons. The first-order valence-electron chi connectivity index (χ1n) is 9.91. The van der Waals surface area contributed by atoms with Gasteiger partial charge < -0.3 is 14.7 Å². The number of piperazine rings is 1. The fourth-order valence-electron chi connectivity index (χ4n) is 4.38. The largest absolute Gasteiger partial charge is 0.354 e. The highest BCUT2D eigenvalue weighted by Crippen LogP contribution is 2.31. The Morgan fingerprint density at radius 2 is 1.93 bits per heavy atom. The van der Waals surface area contributed by atoms with E-state index < -0.39 is 5.82 Å². The third-order valence-electron chi connectivity index (χ3n) is 5.89. The predicted octanol–water partition coefficient (Wildman–Crippen LogP) is 2.91. The Labute approximate surface area is 166 Å².